The topological polar surface area (TPSA) is 66.6 Å². The van der Waals surface area contributed by atoms with Gasteiger partial charge in [0.05, 0.1) is 30.4 Å². The molecule has 0 spiro atoms. The number of rotatable bonds is 4. The van der Waals surface area contributed by atoms with E-state index in [4.69, 9.17) is 10.00 Å². The average Bonchev–Trinajstić information content (AvgIpc) is 2.64. The third-order valence-electron chi connectivity index (χ3n) is 4.21. The molecule has 5 nitrogen and oxygen atoms in total. The SMILES string of the molecule is N#Cc1ccc(C(=O)Nc2ccc(C[NH+]3CCOCC3)cc2)c(F)c1. The van der Waals surface area contributed by atoms with Crippen molar-refractivity contribution in [3.05, 3.63) is 65.0 Å². The highest BCUT2D eigenvalue weighted by molar-refractivity contribution is 6.04. The fourth-order valence-corrected chi connectivity index (χ4v) is 2.80. The Morgan fingerprint density at radius 3 is 2.56 bits per heavy atom. The number of ether oxygens (including phenoxy) is 1. The van der Waals surface area contributed by atoms with Crippen LogP contribution in [0.3, 0.4) is 0 Å². The first-order valence-electron chi connectivity index (χ1n) is 8.17. The highest BCUT2D eigenvalue weighted by Gasteiger charge is 2.15. The molecule has 0 aliphatic carbocycles. The molecular formula is C19H19FN3O2+. The minimum Gasteiger partial charge on any atom is -0.370 e. The van der Waals surface area contributed by atoms with Crippen molar-refractivity contribution in [3.8, 4) is 6.07 Å². The van der Waals surface area contributed by atoms with E-state index in [2.05, 4.69) is 5.32 Å². The molecule has 0 saturated carbocycles. The van der Waals surface area contributed by atoms with Crippen molar-refractivity contribution >= 4 is 11.6 Å². The van der Waals surface area contributed by atoms with Gasteiger partial charge < -0.3 is 15.0 Å². The second kappa shape index (κ2) is 7.88. The maximum atomic E-state index is 13.9. The maximum Gasteiger partial charge on any atom is 0.258 e. The molecule has 2 aromatic carbocycles. The van der Waals surface area contributed by atoms with Crippen LogP contribution in [0.5, 0.6) is 0 Å². The van der Waals surface area contributed by atoms with Crippen LogP contribution in [-0.2, 0) is 11.3 Å². The van der Waals surface area contributed by atoms with Crippen LogP contribution in [0.4, 0.5) is 10.1 Å². The van der Waals surface area contributed by atoms with E-state index in [1.165, 1.54) is 22.6 Å². The molecule has 1 heterocycles. The first kappa shape index (κ1) is 17.1. The molecule has 0 aromatic heterocycles. The zero-order valence-electron chi connectivity index (χ0n) is 13.7. The van der Waals surface area contributed by atoms with E-state index in [0.29, 0.717) is 5.69 Å². The number of benzene rings is 2. The van der Waals surface area contributed by atoms with E-state index in [1.807, 2.05) is 30.3 Å². The van der Waals surface area contributed by atoms with E-state index < -0.39 is 11.7 Å². The summed E-state index contributed by atoms with van der Waals surface area (Å²) >= 11 is 0. The molecular weight excluding hydrogens is 321 g/mol. The summed E-state index contributed by atoms with van der Waals surface area (Å²) in [6.45, 7) is 4.49. The molecule has 1 fully saturated rings. The van der Waals surface area contributed by atoms with Crippen molar-refractivity contribution in [1.82, 2.24) is 0 Å². The molecule has 6 heteroatoms. The van der Waals surface area contributed by atoms with Crippen LogP contribution < -0.4 is 10.2 Å². The number of nitriles is 1. The van der Waals surface area contributed by atoms with Gasteiger partial charge in [0.15, 0.2) is 0 Å². The monoisotopic (exact) mass is 340 g/mol. The van der Waals surface area contributed by atoms with Gasteiger partial charge >= 0.3 is 0 Å². The summed E-state index contributed by atoms with van der Waals surface area (Å²) in [5.74, 6) is -1.24. The normalized spacial score (nSPS) is 14.7. The number of carbonyl (C=O) groups excluding carboxylic acids is 1. The predicted octanol–water partition coefficient (Wildman–Crippen LogP) is 1.36. The van der Waals surface area contributed by atoms with Gasteiger partial charge in [-0.15, -0.1) is 0 Å². The van der Waals surface area contributed by atoms with Gasteiger partial charge in [-0.1, -0.05) is 12.1 Å². The third-order valence-corrected chi connectivity index (χ3v) is 4.21. The standard InChI is InChI=1S/C19H18FN3O2/c20-18-11-15(12-21)3-6-17(18)19(24)22-16-4-1-14(2-5-16)13-23-7-9-25-10-8-23/h1-6,11H,7-10,13H2,(H,22,24)/p+1. The molecule has 3 rings (SSSR count). The van der Waals surface area contributed by atoms with Crippen LogP contribution in [-0.4, -0.2) is 32.2 Å². The zero-order chi connectivity index (χ0) is 17.6. The molecule has 2 aromatic rings. The Kier molecular flexibility index (Phi) is 5.39. The van der Waals surface area contributed by atoms with Crippen LogP contribution in [0.15, 0.2) is 42.5 Å². The highest BCUT2D eigenvalue weighted by Crippen LogP contribution is 2.14. The second-order valence-electron chi connectivity index (χ2n) is 6.00. The fraction of sp³-hybridized carbons (Fsp3) is 0.263. The largest absolute Gasteiger partial charge is 0.370 e. The highest BCUT2D eigenvalue weighted by atomic mass is 19.1. The smallest absolute Gasteiger partial charge is 0.258 e. The molecule has 0 bridgehead atoms. The maximum absolute atomic E-state index is 13.9. The Balaban J connectivity index is 1.63. The Hall–Kier alpha value is -2.75. The molecule has 0 unspecified atom stereocenters. The van der Waals surface area contributed by atoms with Crippen LogP contribution in [0.1, 0.15) is 21.5 Å². The summed E-state index contributed by atoms with van der Waals surface area (Å²) in [4.78, 5) is 13.7. The quantitative estimate of drug-likeness (QED) is 0.883. The number of anilines is 1. The molecule has 1 aliphatic rings. The number of nitrogens with one attached hydrogen (secondary N) is 2. The van der Waals surface area contributed by atoms with Crippen molar-refractivity contribution in [1.29, 1.82) is 5.26 Å². The van der Waals surface area contributed by atoms with Gasteiger partial charge in [-0.3, -0.25) is 4.79 Å². The second-order valence-corrected chi connectivity index (χ2v) is 6.00. The molecule has 0 atom stereocenters. The molecule has 1 aliphatic heterocycles. The number of hydrogen-bond acceptors (Lipinski definition) is 3. The minimum absolute atomic E-state index is 0.0826. The molecule has 0 radical (unpaired) electrons. The number of hydrogen-bond donors (Lipinski definition) is 2. The Bertz CT molecular complexity index is 793. The van der Waals surface area contributed by atoms with Crippen LogP contribution in [0.2, 0.25) is 0 Å². The van der Waals surface area contributed by atoms with Gasteiger partial charge in [0, 0.05) is 11.3 Å². The lowest BCUT2D eigenvalue weighted by atomic mass is 10.1. The summed E-state index contributed by atoms with van der Waals surface area (Å²) in [5, 5.41) is 11.4. The van der Waals surface area contributed by atoms with Gasteiger partial charge in [-0.2, -0.15) is 5.26 Å². The minimum atomic E-state index is -0.705. The van der Waals surface area contributed by atoms with E-state index in [0.717, 1.165) is 38.9 Å². The third kappa shape index (κ3) is 4.41. The van der Waals surface area contributed by atoms with Gasteiger partial charge in [-0.25, -0.2) is 4.39 Å². The van der Waals surface area contributed by atoms with Crippen molar-refractivity contribution in [3.63, 3.8) is 0 Å². The van der Waals surface area contributed by atoms with Crippen LogP contribution >= 0.6 is 0 Å². The number of morpholine rings is 1. The van der Waals surface area contributed by atoms with E-state index >= 15 is 0 Å². The fourth-order valence-electron chi connectivity index (χ4n) is 2.80. The Morgan fingerprint density at radius 1 is 1.20 bits per heavy atom. The molecule has 25 heavy (non-hydrogen) atoms. The van der Waals surface area contributed by atoms with Gasteiger partial charge in [-0.05, 0) is 30.3 Å². The average molecular weight is 340 g/mol. The molecule has 128 valence electrons. The van der Waals surface area contributed by atoms with Gasteiger partial charge in [0.25, 0.3) is 5.91 Å². The van der Waals surface area contributed by atoms with Crippen LogP contribution in [0, 0.1) is 17.1 Å². The summed E-state index contributed by atoms with van der Waals surface area (Å²) in [6, 6.07) is 13.2. The number of amides is 1. The van der Waals surface area contributed by atoms with Crippen molar-refractivity contribution in [2.24, 2.45) is 0 Å². The predicted molar refractivity (Wildman–Crippen MR) is 90.7 cm³/mol. The van der Waals surface area contributed by atoms with E-state index in [-0.39, 0.29) is 11.1 Å². The number of carbonyl (C=O) groups is 1. The summed E-state index contributed by atoms with van der Waals surface area (Å²) < 4.78 is 19.2. The summed E-state index contributed by atoms with van der Waals surface area (Å²) in [6.07, 6.45) is 0. The van der Waals surface area contributed by atoms with Crippen molar-refractivity contribution < 1.29 is 18.8 Å². The van der Waals surface area contributed by atoms with E-state index in [9.17, 15) is 9.18 Å². The Morgan fingerprint density at radius 2 is 1.92 bits per heavy atom. The lowest BCUT2D eigenvalue weighted by molar-refractivity contribution is -0.921. The number of nitrogens with zero attached hydrogens (tertiary/aromatic N) is 1. The van der Waals surface area contributed by atoms with Crippen molar-refractivity contribution in [2.75, 3.05) is 31.6 Å². The zero-order valence-corrected chi connectivity index (χ0v) is 13.7. The first-order valence-corrected chi connectivity index (χ1v) is 8.17. The molecule has 1 saturated heterocycles. The molecule has 2 N–H and O–H groups in total. The summed E-state index contributed by atoms with van der Waals surface area (Å²) in [5.41, 5.74) is 1.89. The lowest BCUT2D eigenvalue weighted by Gasteiger charge is -2.23. The van der Waals surface area contributed by atoms with E-state index in [1.54, 1.807) is 0 Å². The number of quaternary nitrogens is 1. The van der Waals surface area contributed by atoms with Crippen molar-refractivity contribution in [2.45, 2.75) is 6.54 Å². The molecule has 1 amide bonds. The van der Waals surface area contributed by atoms with Gasteiger partial charge in [0.2, 0.25) is 0 Å². The van der Waals surface area contributed by atoms with Crippen LogP contribution in [0.25, 0.3) is 0 Å². The first-order chi connectivity index (χ1) is 12.2. The van der Waals surface area contributed by atoms with Gasteiger partial charge in [0.1, 0.15) is 25.5 Å². The summed E-state index contributed by atoms with van der Waals surface area (Å²) in [7, 11) is 0. The number of halogens is 1. The lowest BCUT2D eigenvalue weighted by Crippen LogP contribution is -3.12. The Labute approximate surface area is 145 Å².